The van der Waals surface area contributed by atoms with Gasteiger partial charge in [0, 0.05) is 13.4 Å². The molecule has 5 unspecified atom stereocenters. The van der Waals surface area contributed by atoms with E-state index >= 15 is 0 Å². The van der Waals surface area contributed by atoms with E-state index in [0.29, 0.717) is 26.5 Å². The minimum absolute atomic E-state index is 0.106. The van der Waals surface area contributed by atoms with Crippen LogP contribution in [0.15, 0.2) is 42.5 Å². The van der Waals surface area contributed by atoms with Crippen molar-refractivity contribution in [3.05, 3.63) is 64.2 Å². The Labute approximate surface area is 213 Å². The molecular formula is C22H24ClI3O2. The SMILES string of the molecule is CCOc1ccc(Cc2cc(C3OC(CI)C(C)C(I)C3I)ccc2Cl)cc1. The van der Waals surface area contributed by atoms with Crippen molar-refractivity contribution in [3.8, 4) is 5.75 Å². The summed E-state index contributed by atoms with van der Waals surface area (Å²) in [6.45, 7) is 4.98. The van der Waals surface area contributed by atoms with Crippen LogP contribution < -0.4 is 4.74 Å². The number of ether oxygens (including phenoxy) is 2. The maximum Gasteiger partial charge on any atom is 0.119 e. The molecule has 1 fully saturated rings. The molecule has 2 aromatic carbocycles. The normalized spacial score (nSPS) is 27.6. The first kappa shape index (κ1) is 23.3. The van der Waals surface area contributed by atoms with Gasteiger partial charge in [0.1, 0.15) is 5.75 Å². The van der Waals surface area contributed by atoms with Crippen molar-refractivity contribution >= 4 is 79.4 Å². The maximum absolute atomic E-state index is 6.54. The molecule has 0 amide bonds. The number of alkyl halides is 3. The van der Waals surface area contributed by atoms with Crippen molar-refractivity contribution in [1.29, 1.82) is 0 Å². The van der Waals surface area contributed by atoms with E-state index in [1.807, 2.05) is 25.1 Å². The molecule has 0 saturated carbocycles. The third-order valence-corrected chi connectivity index (χ3v) is 11.1. The summed E-state index contributed by atoms with van der Waals surface area (Å²) in [5, 5.41) is 0.809. The fraction of sp³-hybridized carbons (Fsp3) is 0.455. The summed E-state index contributed by atoms with van der Waals surface area (Å²) in [4.78, 5) is 0. The number of rotatable bonds is 6. The standard InChI is InChI=1S/C22H24ClI3O2/c1-3-27-17-7-4-14(5-8-17)10-16-11-15(6-9-18(16)23)22-21(26)20(25)13(2)19(12-24)28-22/h4-9,11,13,19-22H,3,10,12H2,1-2H3. The molecule has 1 saturated heterocycles. The summed E-state index contributed by atoms with van der Waals surface area (Å²) in [5.74, 6) is 1.47. The minimum Gasteiger partial charge on any atom is -0.494 e. The van der Waals surface area contributed by atoms with Gasteiger partial charge in [-0.05, 0) is 54.2 Å². The second kappa shape index (κ2) is 10.8. The maximum atomic E-state index is 6.54. The lowest BCUT2D eigenvalue weighted by Gasteiger charge is -2.41. The predicted octanol–water partition coefficient (Wildman–Crippen LogP) is 7.45. The number of hydrogen-bond acceptors (Lipinski definition) is 2. The molecule has 0 spiro atoms. The van der Waals surface area contributed by atoms with Gasteiger partial charge in [-0.2, -0.15) is 0 Å². The molecule has 2 nitrogen and oxygen atoms in total. The molecular weight excluding hydrogens is 712 g/mol. The summed E-state index contributed by atoms with van der Waals surface area (Å²) in [5.41, 5.74) is 3.60. The molecule has 0 bridgehead atoms. The molecule has 1 heterocycles. The zero-order valence-electron chi connectivity index (χ0n) is 15.9. The van der Waals surface area contributed by atoms with Crippen LogP contribution in [-0.2, 0) is 11.2 Å². The van der Waals surface area contributed by atoms with E-state index in [2.05, 4.69) is 99.0 Å². The number of hydrogen-bond donors (Lipinski definition) is 0. The van der Waals surface area contributed by atoms with Gasteiger partial charge < -0.3 is 9.47 Å². The van der Waals surface area contributed by atoms with E-state index in [4.69, 9.17) is 21.1 Å². The lowest BCUT2D eigenvalue weighted by Crippen LogP contribution is -2.44. The Kier molecular flexibility index (Phi) is 9.02. The molecule has 2 aromatic rings. The second-order valence-corrected chi connectivity index (χ2v) is 11.3. The van der Waals surface area contributed by atoms with Gasteiger partial charge in [0.15, 0.2) is 0 Å². The Balaban J connectivity index is 1.82. The Bertz CT molecular complexity index is 782. The third-order valence-electron chi connectivity index (χ3n) is 5.18. The average molecular weight is 737 g/mol. The van der Waals surface area contributed by atoms with Gasteiger partial charge in [0.2, 0.25) is 0 Å². The second-order valence-electron chi connectivity index (χ2n) is 7.10. The van der Waals surface area contributed by atoms with Crippen LogP contribution in [0, 0.1) is 5.92 Å². The van der Waals surface area contributed by atoms with E-state index in [-0.39, 0.29) is 6.10 Å². The monoisotopic (exact) mass is 736 g/mol. The van der Waals surface area contributed by atoms with Gasteiger partial charge >= 0.3 is 0 Å². The Hall–Kier alpha value is 0.680. The first-order valence-corrected chi connectivity index (χ1v) is 13.8. The van der Waals surface area contributed by atoms with Crippen LogP contribution in [0.1, 0.15) is 36.6 Å². The van der Waals surface area contributed by atoms with E-state index < -0.39 is 0 Å². The molecule has 0 aliphatic carbocycles. The van der Waals surface area contributed by atoms with Crippen molar-refractivity contribution in [1.82, 2.24) is 0 Å². The van der Waals surface area contributed by atoms with Crippen molar-refractivity contribution in [3.63, 3.8) is 0 Å². The summed E-state index contributed by atoms with van der Waals surface area (Å²) >= 11 is 14.1. The lowest BCUT2D eigenvalue weighted by atomic mass is 9.90. The van der Waals surface area contributed by atoms with Crippen molar-refractivity contribution in [2.75, 3.05) is 11.0 Å². The van der Waals surface area contributed by atoms with Crippen molar-refractivity contribution < 1.29 is 9.47 Å². The molecule has 152 valence electrons. The molecule has 3 rings (SSSR count). The van der Waals surface area contributed by atoms with Crippen LogP contribution in [-0.4, -0.2) is 25.0 Å². The molecule has 5 atom stereocenters. The Morgan fingerprint density at radius 1 is 1.07 bits per heavy atom. The first-order chi connectivity index (χ1) is 13.4. The van der Waals surface area contributed by atoms with Gasteiger partial charge in [0.05, 0.1) is 22.7 Å². The van der Waals surface area contributed by atoms with Gasteiger partial charge in [0.25, 0.3) is 0 Å². The zero-order valence-corrected chi connectivity index (χ0v) is 23.1. The summed E-state index contributed by atoms with van der Waals surface area (Å²) in [6.07, 6.45) is 1.20. The minimum atomic E-state index is 0.106. The quantitative estimate of drug-likeness (QED) is 0.227. The summed E-state index contributed by atoms with van der Waals surface area (Å²) in [7, 11) is 0. The van der Waals surface area contributed by atoms with Crippen LogP contribution in [0.25, 0.3) is 0 Å². The molecule has 1 aliphatic heterocycles. The highest BCUT2D eigenvalue weighted by Gasteiger charge is 2.41. The van der Waals surface area contributed by atoms with Gasteiger partial charge in [-0.3, -0.25) is 0 Å². The fourth-order valence-electron chi connectivity index (χ4n) is 3.49. The van der Waals surface area contributed by atoms with Crippen LogP contribution in [0.4, 0.5) is 0 Å². The predicted molar refractivity (Wildman–Crippen MR) is 143 cm³/mol. The zero-order chi connectivity index (χ0) is 20.3. The average Bonchev–Trinajstić information content (AvgIpc) is 2.70. The van der Waals surface area contributed by atoms with Crippen LogP contribution in [0.5, 0.6) is 5.75 Å². The molecule has 6 heteroatoms. The lowest BCUT2D eigenvalue weighted by molar-refractivity contribution is -0.0535. The van der Waals surface area contributed by atoms with E-state index in [9.17, 15) is 0 Å². The molecule has 1 aliphatic rings. The van der Waals surface area contributed by atoms with Crippen LogP contribution in [0.3, 0.4) is 0 Å². The fourth-order valence-corrected chi connectivity index (χ4v) is 6.76. The van der Waals surface area contributed by atoms with E-state index in [0.717, 1.165) is 27.2 Å². The van der Waals surface area contributed by atoms with Crippen molar-refractivity contribution in [2.24, 2.45) is 5.92 Å². The molecule has 0 N–H and O–H groups in total. The third kappa shape index (κ3) is 5.48. The highest BCUT2D eigenvalue weighted by Crippen LogP contribution is 2.44. The highest BCUT2D eigenvalue weighted by atomic mass is 127. The number of benzene rings is 2. The van der Waals surface area contributed by atoms with Crippen LogP contribution in [0.2, 0.25) is 5.02 Å². The van der Waals surface area contributed by atoms with Gasteiger partial charge in [-0.25, -0.2) is 0 Å². The summed E-state index contributed by atoms with van der Waals surface area (Å²) in [6, 6.07) is 14.7. The topological polar surface area (TPSA) is 18.5 Å². The Morgan fingerprint density at radius 2 is 1.79 bits per heavy atom. The molecule has 28 heavy (non-hydrogen) atoms. The van der Waals surface area contributed by atoms with Crippen LogP contribution >= 0.6 is 79.4 Å². The van der Waals surface area contributed by atoms with E-state index in [1.54, 1.807) is 0 Å². The molecule has 0 radical (unpaired) electrons. The first-order valence-electron chi connectivity index (χ1n) is 9.44. The Morgan fingerprint density at radius 3 is 2.43 bits per heavy atom. The summed E-state index contributed by atoms with van der Waals surface area (Å²) < 4.78 is 14.1. The molecule has 0 aromatic heterocycles. The van der Waals surface area contributed by atoms with E-state index in [1.165, 1.54) is 11.1 Å². The van der Waals surface area contributed by atoms with Crippen molar-refractivity contribution in [2.45, 2.75) is 40.3 Å². The van der Waals surface area contributed by atoms with Gasteiger partial charge in [-0.15, -0.1) is 0 Å². The number of halogens is 4. The smallest absolute Gasteiger partial charge is 0.119 e. The highest BCUT2D eigenvalue weighted by molar-refractivity contribution is 14.1. The van der Waals surface area contributed by atoms with Gasteiger partial charge in [-0.1, -0.05) is 111 Å². The largest absolute Gasteiger partial charge is 0.494 e.